The van der Waals surface area contributed by atoms with Crippen molar-refractivity contribution in [2.24, 2.45) is 0 Å². The summed E-state index contributed by atoms with van der Waals surface area (Å²) in [6.45, 7) is 2.12. The van der Waals surface area contributed by atoms with E-state index >= 15 is 0 Å². The molecule has 2 aromatic rings. The summed E-state index contributed by atoms with van der Waals surface area (Å²) < 4.78 is 7.94. The number of rotatable bonds is 3. The summed E-state index contributed by atoms with van der Waals surface area (Å²) in [5, 5.41) is 4.31. The Morgan fingerprint density at radius 2 is 2.11 bits per heavy atom. The first kappa shape index (κ1) is 13.5. The highest BCUT2D eigenvalue weighted by molar-refractivity contribution is 14.1. The average Bonchev–Trinajstić information content (AvgIpc) is 2.66. The van der Waals surface area contributed by atoms with Crippen LogP contribution in [0.15, 0.2) is 34.9 Å². The fourth-order valence-corrected chi connectivity index (χ4v) is 3.23. The second-order valence-corrected chi connectivity index (χ2v) is 5.20. The Morgan fingerprint density at radius 3 is 2.72 bits per heavy atom. The summed E-state index contributed by atoms with van der Waals surface area (Å²) >= 11 is 5.39. The van der Waals surface area contributed by atoms with Crippen molar-refractivity contribution in [1.82, 2.24) is 9.78 Å². The highest BCUT2D eigenvalue weighted by Gasteiger charge is 2.22. The number of aromatic nitrogens is 2. The lowest BCUT2D eigenvalue weighted by Crippen LogP contribution is -2.07. The molecule has 0 amide bonds. The van der Waals surface area contributed by atoms with Gasteiger partial charge in [0, 0.05) is 0 Å². The van der Waals surface area contributed by atoms with Crippen molar-refractivity contribution in [3.8, 4) is 5.69 Å². The average molecular weight is 421 g/mol. The van der Waals surface area contributed by atoms with E-state index in [1.165, 1.54) is 0 Å². The molecule has 6 heteroatoms. The second-order valence-electron chi connectivity index (χ2n) is 3.42. The topological polar surface area (TPSA) is 44.1 Å². The van der Waals surface area contributed by atoms with Gasteiger partial charge in [-0.25, -0.2) is 9.48 Å². The number of nitrogens with zero attached hydrogens (tertiary/aromatic N) is 2. The van der Waals surface area contributed by atoms with E-state index < -0.39 is 0 Å². The van der Waals surface area contributed by atoms with E-state index in [1.54, 1.807) is 11.6 Å². The second kappa shape index (κ2) is 5.83. The SMILES string of the molecule is CCOC(=O)c1c(Br)nn(-c2ccccc2)c1I. The number of halogens is 2. The standard InChI is InChI=1S/C12H10BrIN2O2/c1-2-18-12(17)9-10(13)15-16(11(9)14)8-6-4-3-5-7-8/h3-7H,2H2,1H3. The summed E-state index contributed by atoms with van der Waals surface area (Å²) in [5.74, 6) is -0.365. The summed E-state index contributed by atoms with van der Waals surface area (Å²) in [6.07, 6.45) is 0. The minimum absolute atomic E-state index is 0.345. The highest BCUT2D eigenvalue weighted by atomic mass is 127. The number of hydrogen-bond acceptors (Lipinski definition) is 3. The zero-order chi connectivity index (χ0) is 13.1. The van der Waals surface area contributed by atoms with E-state index in [0.717, 1.165) is 9.39 Å². The first-order valence-corrected chi connectivity index (χ1v) is 7.19. The van der Waals surface area contributed by atoms with Gasteiger partial charge in [0.2, 0.25) is 0 Å². The molecule has 0 saturated carbocycles. The Labute approximate surface area is 127 Å². The molecular formula is C12H10BrIN2O2. The molecule has 94 valence electrons. The van der Waals surface area contributed by atoms with Crippen molar-refractivity contribution in [1.29, 1.82) is 0 Å². The molecule has 0 N–H and O–H groups in total. The molecule has 0 fully saturated rings. The van der Waals surface area contributed by atoms with Crippen LogP contribution in [0, 0.1) is 3.70 Å². The lowest BCUT2D eigenvalue weighted by atomic mass is 10.3. The van der Waals surface area contributed by atoms with Crippen LogP contribution in [0.2, 0.25) is 0 Å². The number of ether oxygens (including phenoxy) is 1. The number of benzene rings is 1. The van der Waals surface area contributed by atoms with Crippen molar-refractivity contribution in [3.63, 3.8) is 0 Å². The van der Waals surface area contributed by atoms with Crippen LogP contribution >= 0.6 is 38.5 Å². The van der Waals surface area contributed by atoms with Gasteiger partial charge < -0.3 is 4.74 Å². The Balaban J connectivity index is 2.47. The van der Waals surface area contributed by atoms with Crippen LogP contribution in [-0.4, -0.2) is 22.4 Å². The molecule has 2 rings (SSSR count). The summed E-state index contributed by atoms with van der Waals surface area (Å²) in [4.78, 5) is 11.8. The lowest BCUT2D eigenvalue weighted by Gasteiger charge is -2.03. The van der Waals surface area contributed by atoms with Gasteiger partial charge in [-0.05, 0) is 57.6 Å². The van der Waals surface area contributed by atoms with Gasteiger partial charge in [-0.15, -0.1) is 0 Å². The van der Waals surface area contributed by atoms with Gasteiger partial charge in [-0.1, -0.05) is 18.2 Å². The molecule has 0 aliphatic carbocycles. The molecule has 0 unspecified atom stereocenters. The molecule has 0 saturated heterocycles. The van der Waals surface area contributed by atoms with Gasteiger partial charge in [0.15, 0.2) is 0 Å². The predicted octanol–water partition coefficient (Wildman–Crippen LogP) is 3.42. The van der Waals surface area contributed by atoms with E-state index in [9.17, 15) is 4.79 Å². The third-order valence-corrected chi connectivity index (χ3v) is 3.82. The monoisotopic (exact) mass is 420 g/mol. The van der Waals surface area contributed by atoms with Crippen LogP contribution in [0.3, 0.4) is 0 Å². The molecule has 18 heavy (non-hydrogen) atoms. The molecule has 0 aliphatic rings. The van der Waals surface area contributed by atoms with Crippen molar-refractivity contribution >= 4 is 44.5 Å². The maximum Gasteiger partial charge on any atom is 0.343 e. The number of hydrogen-bond donors (Lipinski definition) is 0. The quantitative estimate of drug-likeness (QED) is 0.564. The van der Waals surface area contributed by atoms with Gasteiger partial charge in [0.25, 0.3) is 0 Å². The minimum Gasteiger partial charge on any atom is -0.462 e. The highest BCUT2D eigenvalue weighted by Crippen LogP contribution is 2.25. The fourth-order valence-electron chi connectivity index (χ4n) is 1.48. The molecule has 0 spiro atoms. The van der Waals surface area contributed by atoms with Crippen LogP contribution in [0.5, 0.6) is 0 Å². The Morgan fingerprint density at radius 1 is 1.44 bits per heavy atom. The maximum absolute atomic E-state index is 11.8. The van der Waals surface area contributed by atoms with Gasteiger partial charge in [0.1, 0.15) is 13.9 Å². The Hall–Kier alpha value is -0.890. The first-order chi connectivity index (χ1) is 8.65. The van der Waals surface area contributed by atoms with Gasteiger partial charge >= 0.3 is 5.97 Å². The van der Waals surface area contributed by atoms with Crippen LogP contribution < -0.4 is 0 Å². The van der Waals surface area contributed by atoms with Crippen LogP contribution in [0.1, 0.15) is 17.3 Å². The zero-order valence-corrected chi connectivity index (χ0v) is 13.3. The van der Waals surface area contributed by atoms with E-state index in [2.05, 4.69) is 43.6 Å². The third-order valence-electron chi connectivity index (χ3n) is 2.27. The maximum atomic E-state index is 11.8. The minimum atomic E-state index is -0.365. The largest absolute Gasteiger partial charge is 0.462 e. The molecule has 1 aromatic heterocycles. The van der Waals surface area contributed by atoms with Gasteiger partial charge in [0.05, 0.1) is 12.3 Å². The van der Waals surface area contributed by atoms with Gasteiger partial charge in [-0.2, -0.15) is 5.10 Å². The molecule has 0 atom stereocenters. The normalized spacial score (nSPS) is 10.4. The fraction of sp³-hybridized carbons (Fsp3) is 0.167. The number of esters is 1. The Kier molecular flexibility index (Phi) is 4.39. The van der Waals surface area contributed by atoms with Crippen LogP contribution in [-0.2, 0) is 4.74 Å². The van der Waals surface area contributed by atoms with Gasteiger partial charge in [-0.3, -0.25) is 0 Å². The molecule has 0 aliphatic heterocycles. The summed E-state index contributed by atoms with van der Waals surface area (Å²) in [7, 11) is 0. The lowest BCUT2D eigenvalue weighted by molar-refractivity contribution is 0.0524. The van der Waals surface area contributed by atoms with Crippen molar-refractivity contribution in [3.05, 3.63) is 44.2 Å². The molecule has 0 bridgehead atoms. The van der Waals surface area contributed by atoms with E-state index in [-0.39, 0.29) is 5.97 Å². The van der Waals surface area contributed by atoms with E-state index in [0.29, 0.717) is 16.8 Å². The number of para-hydroxylation sites is 1. The molecule has 0 radical (unpaired) electrons. The van der Waals surface area contributed by atoms with E-state index in [4.69, 9.17) is 4.74 Å². The summed E-state index contributed by atoms with van der Waals surface area (Å²) in [5.41, 5.74) is 1.36. The van der Waals surface area contributed by atoms with Crippen molar-refractivity contribution < 1.29 is 9.53 Å². The van der Waals surface area contributed by atoms with Crippen LogP contribution in [0.4, 0.5) is 0 Å². The Bertz CT molecular complexity index is 569. The number of carbonyl (C=O) groups excluding carboxylic acids is 1. The third kappa shape index (κ3) is 2.59. The smallest absolute Gasteiger partial charge is 0.343 e. The zero-order valence-electron chi connectivity index (χ0n) is 9.56. The summed E-state index contributed by atoms with van der Waals surface area (Å²) in [6, 6.07) is 9.63. The number of carbonyl (C=O) groups is 1. The van der Waals surface area contributed by atoms with E-state index in [1.807, 2.05) is 30.3 Å². The molecular weight excluding hydrogens is 411 g/mol. The molecule has 1 heterocycles. The van der Waals surface area contributed by atoms with Crippen molar-refractivity contribution in [2.45, 2.75) is 6.92 Å². The molecule has 1 aromatic carbocycles. The van der Waals surface area contributed by atoms with Crippen LogP contribution in [0.25, 0.3) is 5.69 Å². The van der Waals surface area contributed by atoms with Crippen molar-refractivity contribution in [2.75, 3.05) is 6.61 Å². The first-order valence-electron chi connectivity index (χ1n) is 5.31. The molecule has 4 nitrogen and oxygen atoms in total. The predicted molar refractivity (Wildman–Crippen MR) is 79.9 cm³/mol.